The average molecular weight is 445 g/mol. The summed E-state index contributed by atoms with van der Waals surface area (Å²) in [6, 6.07) is 6.95. The van der Waals surface area contributed by atoms with Crippen LogP contribution in [0.5, 0.6) is 0 Å². The number of pyridine rings is 1. The second kappa shape index (κ2) is 7.87. The fourth-order valence-electron chi connectivity index (χ4n) is 2.91. The van der Waals surface area contributed by atoms with Crippen LogP contribution in [0.4, 0.5) is 20.4 Å². The van der Waals surface area contributed by atoms with Crippen molar-refractivity contribution >= 4 is 32.7 Å². The Labute approximate surface area is 176 Å². The van der Waals surface area contributed by atoms with Gasteiger partial charge >= 0.3 is 0 Å². The minimum atomic E-state index is -3.48. The van der Waals surface area contributed by atoms with Gasteiger partial charge in [0.2, 0.25) is 10.0 Å². The number of hydrogen-bond donors (Lipinski definition) is 2. The van der Waals surface area contributed by atoms with Crippen LogP contribution in [0.2, 0.25) is 0 Å². The molecule has 0 radical (unpaired) electrons. The van der Waals surface area contributed by atoms with Crippen molar-refractivity contribution in [3.05, 3.63) is 59.9 Å². The van der Waals surface area contributed by atoms with Crippen LogP contribution in [0, 0.1) is 11.6 Å². The number of fused-ring (bicyclic) bond motifs is 1. The number of anilines is 2. The number of halogens is 2. The fourth-order valence-corrected chi connectivity index (χ4v) is 3.39. The molecule has 0 unspecified atom stereocenters. The van der Waals surface area contributed by atoms with Crippen molar-refractivity contribution in [3.8, 4) is 11.6 Å². The van der Waals surface area contributed by atoms with Crippen molar-refractivity contribution in [1.82, 2.24) is 24.9 Å². The highest BCUT2D eigenvalue weighted by Gasteiger charge is 2.17. The van der Waals surface area contributed by atoms with E-state index >= 15 is 0 Å². The molecule has 160 valence electrons. The van der Waals surface area contributed by atoms with Crippen molar-refractivity contribution in [2.45, 2.75) is 6.54 Å². The fraction of sp³-hybridized carbons (Fsp3) is 0.158. The molecule has 2 N–H and O–H groups in total. The molecule has 0 atom stereocenters. The molecule has 0 spiro atoms. The van der Waals surface area contributed by atoms with Gasteiger partial charge in [0.1, 0.15) is 23.0 Å². The topological polar surface area (TPSA) is 117 Å². The van der Waals surface area contributed by atoms with E-state index in [1.54, 1.807) is 18.2 Å². The van der Waals surface area contributed by atoms with Crippen LogP contribution >= 0.6 is 0 Å². The van der Waals surface area contributed by atoms with Crippen molar-refractivity contribution in [1.29, 1.82) is 0 Å². The predicted molar refractivity (Wildman–Crippen MR) is 112 cm³/mol. The van der Waals surface area contributed by atoms with Crippen LogP contribution in [0.25, 0.3) is 22.7 Å². The Balaban J connectivity index is 1.59. The Morgan fingerprint density at radius 2 is 1.94 bits per heavy atom. The number of hydrogen-bond acceptors (Lipinski definition) is 7. The quantitative estimate of drug-likeness (QED) is 0.469. The van der Waals surface area contributed by atoms with Gasteiger partial charge in [-0.15, -0.1) is 0 Å². The summed E-state index contributed by atoms with van der Waals surface area (Å²) in [6.07, 6.45) is 4.09. The van der Waals surface area contributed by atoms with Gasteiger partial charge in [-0.3, -0.25) is 4.31 Å². The standard InChI is InChI=1S/C19H17F2N7O2S/c1-28(31(2,29)30)19-11(4-3-6-23-19)10-24-15-5-7-22-17(26-15)18-25-14-9-12(20)8-13(21)16(14)27-18/h3-9H,10H2,1-2H3,(H,25,27)(H,22,24,26). The number of sulfonamides is 1. The van der Waals surface area contributed by atoms with Crippen LogP contribution in [-0.4, -0.2) is 46.6 Å². The zero-order chi connectivity index (χ0) is 22.2. The first-order valence-corrected chi connectivity index (χ1v) is 10.9. The van der Waals surface area contributed by atoms with Crippen LogP contribution in [0.3, 0.4) is 0 Å². The third kappa shape index (κ3) is 4.28. The summed E-state index contributed by atoms with van der Waals surface area (Å²) >= 11 is 0. The zero-order valence-corrected chi connectivity index (χ0v) is 17.3. The molecule has 0 aliphatic rings. The molecular weight excluding hydrogens is 428 g/mol. The van der Waals surface area contributed by atoms with E-state index in [0.717, 1.165) is 22.7 Å². The number of nitrogens with zero attached hydrogens (tertiary/aromatic N) is 5. The van der Waals surface area contributed by atoms with Crippen molar-refractivity contribution in [2.75, 3.05) is 22.9 Å². The van der Waals surface area contributed by atoms with Gasteiger partial charge < -0.3 is 10.3 Å². The molecule has 3 heterocycles. The second-order valence-corrected chi connectivity index (χ2v) is 8.72. The molecule has 31 heavy (non-hydrogen) atoms. The first-order valence-electron chi connectivity index (χ1n) is 9.02. The maximum absolute atomic E-state index is 13.9. The first-order chi connectivity index (χ1) is 14.7. The molecule has 1 aromatic carbocycles. The second-order valence-electron chi connectivity index (χ2n) is 6.70. The Kier molecular flexibility index (Phi) is 5.23. The summed E-state index contributed by atoms with van der Waals surface area (Å²) in [6.45, 7) is 0.236. The van der Waals surface area contributed by atoms with Gasteiger partial charge in [0.05, 0.1) is 11.8 Å². The number of imidazole rings is 1. The molecule has 0 aliphatic heterocycles. The van der Waals surface area contributed by atoms with E-state index in [1.165, 1.54) is 19.4 Å². The SMILES string of the molecule is CN(c1ncccc1CNc1ccnc(-c2nc3c(F)cc(F)cc3[nH]2)n1)S(C)(=O)=O. The maximum atomic E-state index is 13.9. The van der Waals surface area contributed by atoms with Gasteiger partial charge in [-0.1, -0.05) is 6.07 Å². The highest BCUT2D eigenvalue weighted by Crippen LogP contribution is 2.23. The molecule has 0 amide bonds. The first kappa shape index (κ1) is 20.6. The third-order valence-electron chi connectivity index (χ3n) is 4.50. The number of rotatable bonds is 6. The number of benzene rings is 1. The molecule has 0 aliphatic carbocycles. The summed E-state index contributed by atoms with van der Waals surface area (Å²) in [5, 5.41) is 3.08. The van der Waals surface area contributed by atoms with Crippen LogP contribution in [0.1, 0.15) is 5.56 Å². The number of H-pyrrole nitrogens is 1. The minimum Gasteiger partial charge on any atom is -0.366 e. The zero-order valence-electron chi connectivity index (χ0n) is 16.5. The van der Waals surface area contributed by atoms with Gasteiger partial charge in [0, 0.05) is 37.6 Å². The van der Waals surface area contributed by atoms with Crippen molar-refractivity contribution < 1.29 is 17.2 Å². The summed E-state index contributed by atoms with van der Waals surface area (Å²) < 4.78 is 52.2. The van der Waals surface area contributed by atoms with Crippen molar-refractivity contribution in [2.24, 2.45) is 0 Å². The summed E-state index contributed by atoms with van der Waals surface area (Å²) in [4.78, 5) is 19.6. The van der Waals surface area contributed by atoms with Gasteiger partial charge in [-0.25, -0.2) is 37.1 Å². The van der Waals surface area contributed by atoms with Gasteiger partial charge in [-0.05, 0) is 18.2 Å². The van der Waals surface area contributed by atoms with E-state index in [0.29, 0.717) is 17.2 Å². The molecule has 9 nitrogen and oxygen atoms in total. The number of aromatic nitrogens is 5. The Morgan fingerprint density at radius 1 is 1.13 bits per heavy atom. The molecular formula is C19H17F2N7O2S. The predicted octanol–water partition coefficient (Wildman–Crippen LogP) is 2.70. The van der Waals surface area contributed by atoms with Crippen LogP contribution in [-0.2, 0) is 16.6 Å². The highest BCUT2D eigenvalue weighted by molar-refractivity contribution is 7.92. The molecule has 12 heteroatoms. The molecule has 3 aromatic heterocycles. The summed E-state index contributed by atoms with van der Waals surface area (Å²) in [5.74, 6) is -0.424. The lowest BCUT2D eigenvalue weighted by Crippen LogP contribution is -2.27. The van der Waals surface area contributed by atoms with Gasteiger partial charge in [-0.2, -0.15) is 0 Å². The van der Waals surface area contributed by atoms with Crippen molar-refractivity contribution in [3.63, 3.8) is 0 Å². The largest absolute Gasteiger partial charge is 0.366 e. The Hall–Kier alpha value is -3.67. The number of aromatic amines is 1. The summed E-state index contributed by atoms with van der Waals surface area (Å²) in [5.41, 5.74) is 0.817. The van der Waals surface area contributed by atoms with Gasteiger partial charge in [0.15, 0.2) is 17.5 Å². The maximum Gasteiger partial charge on any atom is 0.233 e. The lowest BCUT2D eigenvalue weighted by atomic mass is 10.2. The molecule has 4 rings (SSSR count). The smallest absolute Gasteiger partial charge is 0.233 e. The van der Waals surface area contributed by atoms with E-state index in [9.17, 15) is 17.2 Å². The van der Waals surface area contributed by atoms with Crippen LogP contribution in [0.15, 0.2) is 42.7 Å². The lowest BCUT2D eigenvalue weighted by Gasteiger charge is -2.19. The molecule has 0 fully saturated rings. The van der Waals surface area contributed by atoms with E-state index in [1.807, 2.05) is 0 Å². The summed E-state index contributed by atoms with van der Waals surface area (Å²) in [7, 11) is -2.05. The molecule has 0 saturated carbocycles. The van der Waals surface area contributed by atoms with E-state index in [2.05, 4.69) is 30.2 Å². The van der Waals surface area contributed by atoms with Crippen LogP contribution < -0.4 is 9.62 Å². The Bertz CT molecular complexity index is 1370. The normalized spacial score (nSPS) is 11.6. The van der Waals surface area contributed by atoms with Gasteiger partial charge in [0.25, 0.3) is 0 Å². The van der Waals surface area contributed by atoms with E-state index in [-0.39, 0.29) is 29.2 Å². The Morgan fingerprint density at radius 3 is 2.71 bits per heavy atom. The minimum absolute atomic E-state index is 0.0119. The lowest BCUT2D eigenvalue weighted by molar-refractivity contribution is 0.590. The molecule has 0 bridgehead atoms. The third-order valence-corrected chi connectivity index (χ3v) is 5.66. The highest BCUT2D eigenvalue weighted by atomic mass is 32.2. The van der Waals surface area contributed by atoms with E-state index < -0.39 is 21.7 Å². The molecule has 4 aromatic rings. The molecule has 0 saturated heterocycles. The average Bonchev–Trinajstić information content (AvgIpc) is 3.16. The number of nitrogens with one attached hydrogen (secondary N) is 2. The van der Waals surface area contributed by atoms with E-state index in [4.69, 9.17) is 0 Å². The monoisotopic (exact) mass is 445 g/mol.